The molecule has 0 aliphatic carbocycles. The molecular formula is C27H26FN7O2. The van der Waals surface area contributed by atoms with Crippen LogP contribution in [-0.4, -0.2) is 33.0 Å². The number of benzene rings is 2. The van der Waals surface area contributed by atoms with Crippen LogP contribution >= 0.6 is 0 Å². The number of primary amides is 1. The van der Waals surface area contributed by atoms with E-state index in [2.05, 4.69) is 20.6 Å². The van der Waals surface area contributed by atoms with E-state index < -0.39 is 5.91 Å². The summed E-state index contributed by atoms with van der Waals surface area (Å²) < 4.78 is 14.5. The summed E-state index contributed by atoms with van der Waals surface area (Å²) in [4.78, 5) is 33.9. The number of anilines is 1. The molecule has 0 saturated carbocycles. The second-order valence-electron chi connectivity index (χ2n) is 8.87. The number of nitrogens with two attached hydrogens (primary N) is 2. The van der Waals surface area contributed by atoms with Crippen molar-refractivity contribution in [3.05, 3.63) is 89.8 Å². The van der Waals surface area contributed by atoms with E-state index in [1.165, 1.54) is 16.8 Å². The minimum absolute atomic E-state index is 0.0613. The molecule has 3 heterocycles. The summed E-state index contributed by atoms with van der Waals surface area (Å²) in [5, 5.41) is 6.16. The van der Waals surface area contributed by atoms with Crippen molar-refractivity contribution in [2.75, 3.05) is 17.7 Å². The van der Waals surface area contributed by atoms with E-state index in [1.807, 2.05) is 0 Å². The first-order valence-corrected chi connectivity index (χ1v) is 12.0. The maximum Gasteiger partial charge on any atom is 0.269 e. The van der Waals surface area contributed by atoms with Crippen molar-refractivity contribution in [1.29, 1.82) is 0 Å². The molecule has 4 aromatic rings. The first-order chi connectivity index (χ1) is 17.9. The molecule has 0 bridgehead atoms. The Kier molecular flexibility index (Phi) is 6.65. The number of imidazole rings is 1. The molecule has 2 aromatic carbocycles. The van der Waals surface area contributed by atoms with Crippen molar-refractivity contribution >= 4 is 17.6 Å². The zero-order valence-corrected chi connectivity index (χ0v) is 19.9. The summed E-state index contributed by atoms with van der Waals surface area (Å²) in [5.74, 6) is 5.77. The van der Waals surface area contributed by atoms with Crippen LogP contribution in [0.3, 0.4) is 0 Å². The lowest BCUT2D eigenvalue weighted by molar-refractivity contribution is 0.0991. The van der Waals surface area contributed by atoms with Crippen LogP contribution in [0.15, 0.2) is 66.9 Å². The molecule has 1 fully saturated rings. The van der Waals surface area contributed by atoms with Crippen molar-refractivity contribution in [2.24, 2.45) is 5.73 Å². The summed E-state index contributed by atoms with van der Waals surface area (Å²) >= 11 is 0. The van der Waals surface area contributed by atoms with Gasteiger partial charge in [-0.3, -0.25) is 9.59 Å². The molecule has 0 spiro atoms. The number of nitrogen functional groups attached to an aromatic ring is 1. The molecule has 2 amide bonds. The van der Waals surface area contributed by atoms with Gasteiger partial charge < -0.3 is 22.2 Å². The molecule has 1 saturated heterocycles. The number of carbonyl (C=O) groups excluding carboxylic acids is 2. The number of halogens is 1. The van der Waals surface area contributed by atoms with Crippen molar-refractivity contribution < 1.29 is 14.0 Å². The van der Waals surface area contributed by atoms with E-state index in [0.717, 1.165) is 36.9 Å². The molecule has 1 unspecified atom stereocenters. The van der Waals surface area contributed by atoms with Crippen LogP contribution in [-0.2, 0) is 0 Å². The Balaban J connectivity index is 1.36. The van der Waals surface area contributed by atoms with Crippen LogP contribution in [0.1, 0.15) is 52.0 Å². The second-order valence-corrected chi connectivity index (χ2v) is 8.87. The SMILES string of the molecule is NC(=O)c1c(-c2ccc(C(=O)Nc3cc(-c4ccc(F)cc4)ccn3)cc2)nc(C2CCCCN2)n1N. The van der Waals surface area contributed by atoms with E-state index in [0.29, 0.717) is 28.5 Å². The molecule has 6 N–H and O–H groups in total. The van der Waals surface area contributed by atoms with Gasteiger partial charge in [0.25, 0.3) is 11.8 Å². The number of rotatable bonds is 6. The Morgan fingerprint density at radius 3 is 2.41 bits per heavy atom. The number of nitrogens with one attached hydrogen (secondary N) is 2. The van der Waals surface area contributed by atoms with Crippen molar-refractivity contribution in [3.8, 4) is 22.4 Å². The normalized spacial score (nSPS) is 15.3. The topological polar surface area (TPSA) is 141 Å². The molecule has 2 aromatic heterocycles. The maximum atomic E-state index is 13.2. The van der Waals surface area contributed by atoms with Crippen LogP contribution in [0, 0.1) is 5.82 Å². The molecule has 37 heavy (non-hydrogen) atoms. The number of pyridine rings is 1. The number of aromatic nitrogens is 3. The van der Waals surface area contributed by atoms with Crippen LogP contribution in [0.4, 0.5) is 10.2 Å². The van der Waals surface area contributed by atoms with E-state index in [9.17, 15) is 14.0 Å². The largest absolute Gasteiger partial charge is 0.364 e. The monoisotopic (exact) mass is 499 g/mol. The molecular weight excluding hydrogens is 473 g/mol. The van der Waals surface area contributed by atoms with Gasteiger partial charge in [0.15, 0.2) is 5.69 Å². The van der Waals surface area contributed by atoms with Crippen molar-refractivity contribution in [2.45, 2.75) is 25.3 Å². The average Bonchev–Trinajstić information content (AvgIpc) is 3.27. The minimum Gasteiger partial charge on any atom is -0.364 e. The zero-order chi connectivity index (χ0) is 25.9. The van der Waals surface area contributed by atoms with Crippen LogP contribution in [0.25, 0.3) is 22.4 Å². The van der Waals surface area contributed by atoms with Gasteiger partial charge in [0.05, 0.1) is 6.04 Å². The number of amides is 2. The fourth-order valence-electron chi connectivity index (χ4n) is 4.49. The molecule has 5 rings (SSSR count). The first kappa shape index (κ1) is 24.1. The van der Waals surface area contributed by atoms with Gasteiger partial charge in [-0.15, -0.1) is 0 Å². The summed E-state index contributed by atoms with van der Waals surface area (Å²) in [6.45, 7) is 0.851. The lowest BCUT2D eigenvalue weighted by Gasteiger charge is -2.22. The Bertz CT molecular complexity index is 1440. The lowest BCUT2D eigenvalue weighted by Crippen LogP contribution is -2.32. The van der Waals surface area contributed by atoms with Gasteiger partial charge in [0.1, 0.15) is 23.2 Å². The highest BCUT2D eigenvalue weighted by molar-refractivity contribution is 6.04. The molecule has 188 valence electrons. The van der Waals surface area contributed by atoms with Crippen LogP contribution in [0.5, 0.6) is 0 Å². The highest BCUT2D eigenvalue weighted by Crippen LogP contribution is 2.29. The Morgan fingerprint density at radius 1 is 1.00 bits per heavy atom. The van der Waals surface area contributed by atoms with Gasteiger partial charge in [0, 0.05) is 17.3 Å². The van der Waals surface area contributed by atoms with Crippen molar-refractivity contribution in [3.63, 3.8) is 0 Å². The van der Waals surface area contributed by atoms with Crippen molar-refractivity contribution in [1.82, 2.24) is 20.0 Å². The quantitative estimate of drug-likeness (QED) is 0.299. The number of piperidine rings is 1. The highest BCUT2D eigenvalue weighted by Gasteiger charge is 2.27. The summed E-state index contributed by atoms with van der Waals surface area (Å²) in [6.07, 6.45) is 4.55. The standard InChI is InChI=1S/C27H26FN7O2/c28-20-10-8-16(9-11-20)19-12-14-32-22(15-19)33-27(37)18-6-4-17(5-7-18)23-24(25(29)36)35(30)26(34-23)21-3-1-2-13-31-21/h4-12,14-15,21,31H,1-3,13,30H2,(H2,29,36)(H,32,33,37). The van der Waals surface area contributed by atoms with Gasteiger partial charge in [-0.1, -0.05) is 30.7 Å². The molecule has 9 nitrogen and oxygen atoms in total. The summed E-state index contributed by atoms with van der Waals surface area (Å²) in [5.41, 5.74) is 8.71. The molecule has 0 radical (unpaired) electrons. The number of nitrogens with zero attached hydrogens (tertiary/aromatic N) is 3. The highest BCUT2D eigenvalue weighted by atomic mass is 19.1. The van der Waals surface area contributed by atoms with E-state index in [1.54, 1.807) is 54.7 Å². The molecule has 10 heteroatoms. The van der Waals surface area contributed by atoms with E-state index in [-0.39, 0.29) is 23.5 Å². The first-order valence-electron chi connectivity index (χ1n) is 12.0. The predicted octanol–water partition coefficient (Wildman–Crippen LogP) is 3.63. The number of carbonyl (C=O) groups is 2. The summed E-state index contributed by atoms with van der Waals surface area (Å²) in [6, 6.07) is 16.2. The minimum atomic E-state index is -0.680. The molecule has 1 aliphatic heterocycles. The maximum absolute atomic E-state index is 13.2. The van der Waals surface area contributed by atoms with Crippen LogP contribution in [0.2, 0.25) is 0 Å². The summed E-state index contributed by atoms with van der Waals surface area (Å²) in [7, 11) is 0. The number of hydrogen-bond acceptors (Lipinski definition) is 6. The Labute approximate surface area is 212 Å². The molecule has 1 aliphatic rings. The van der Waals surface area contributed by atoms with Gasteiger partial charge >= 0.3 is 0 Å². The predicted molar refractivity (Wildman–Crippen MR) is 139 cm³/mol. The van der Waals surface area contributed by atoms with E-state index >= 15 is 0 Å². The molecule has 1 atom stereocenters. The second kappa shape index (κ2) is 10.2. The smallest absolute Gasteiger partial charge is 0.269 e. The Morgan fingerprint density at radius 2 is 1.73 bits per heavy atom. The third kappa shape index (κ3) is 5.05. The van der Waals surface area contributed by atoms with Crippen LogP contribution < -0.4 is 22.2 Å². The fourth-order valence-corrected chi connectivity index (χ4v) is 4.49. The lowest BCUT2D eigenvalue weighted by atomic mass is 10.0. The third-order valence-electron chi connectivity index (χ3n) is 6.39. The third-order valence-corrected chi connectivity index (χ3v) is 6.39. The van der Waals surface area contributed by atoms with Gasteiger partial charge in [-0.2, -0.15) is 0 Å². The fraction of sp³-hybridized carbons (Fsp3) is 0.185. The number of hydrogen-bond donors (Lipinski definition) is 4. The van der Waals surface area contributed by atoms with Gasteiger partial charge in [0.2, 0.25) is 0 Å². The Hall–Kier alpha value is -4.57. The van der Waals surface area contributed by atoms with Gasteiger partial charge in [-0.25, -0.2) is 19.0 Å². The zero-order valence-electron chi connectivity index (χ0n) is 19.9. The van der Waals surface area contributed by atoms with E-state index in [4.69, 9.17) is 11.6 Å². The average molecular weight is 500 g/mol. The van der Waals surface area contributed by atoms with Gasteiger partial charge in [-0.05, 0) is 66.9 Å².